The average Bonchev–Trinajstić information content (AvgIpc) is 3.01. The van der Waals surface area contributed by atoms with E-state index in [-0.39, 0.29) is 11.9 Å². The normalized spacial score (nSPS) is 16.4. The molecule has 1 atom stereocenters. The number of rotatable bonds is 4. The molecule has 9 nitrogen and oxygen atoms in total. The van der Waals surface area contributed by atoms with Gasteiger partial charge in [0.1, 0.15) is 6.04 Å². The number of carbonyl (C=O) groups is 1. The van der Waals surface area contributed by atoms with Crippen molar-refractivity contribution in [3.05, 3.63) is 35.0 Å². The Morgan fingerprint density at radius 1 is 1.40 bits per heavy atom. The zero-order valence-electron chi connectivity index (χ0n) is 14.3. The summed E-state index contributed by atoms with van der Waals surface area (Å²) < 4.78 is 12.1. The Morgan fingerprint density at radius 2 is 2.16 bits per heavy atom. The van der Waals surface area contributed by atoms with Gasteiger partial charge >= 0.3 is 5.97 Å². The first-order valence-electron chi connectivity index (χ1n) is 7.76. The lowest BCUT2D eigenvalue weighted by molar-refractivity contribution is -0.143. The fraction of sp³-hybridized carbons (Fsp3) is 0.375. The van der Waals surface area contributed by atoms with Crippen molar-refractivity contribution in [2.24, 2.45) is 0 Å². The van der Waals surface area contributed by atoms with E-state index in [1.165, 1.54) is 17.9 Å². The number of phenols is 1. The third-order valence-corrected chi connectivity index (χ3v) is 3.80. The zero-order valence-corrected chi connectivity index (χ0v) is 14.3. The molecule has 25 heavy (non-hydrogen) atoms. The number of nitrogens with zero attached hydrogens (tertiary/aromatic N) is 4. The summed E-state index contributed by atoms with van der Waals surface area (Å²) in [5.74, 6) is 0.248. The summed E-state index contributed by atoms with van der Waals surface area (Å²) in [6.45, 7) is 5.33. The second kappa shape index (κ2) is 6.42. The van der Waals surface area contributed by atoms with Crippen molar-refractivity contribution < 1.29 is 19.4 Å². The predicted molar refractivity (Wildman–Crippen MR) is 88.2 cm³/mol. The van der Waals surface area contributed by atoms with Crippen LogP contribution in [-0.4, -0.2) is 44.5 Å². The average molecular weight is 345 g/mol. The molecule has 0 saturated carbocycles. The number of nitrogens with one attached hydrogen (secondary N) is 1. The molecule has 1 aliphatic rings. The number of aromatic hydroxyl groups is 1. The second-order valence-electron chi connectivity index (χ2n) is 5.90. The number of ether oxygens (including phenoxy) is 2. The van der Waals surface area contributed by atoms with Crippen molar-refractivity contribution in [1.29, 1.82) is 0 Å². The summed E-state index contributed by atoms with van der Waals surface area (Å²) in [5.41, 5.74) is 1.67. The first kappa shape index (κ1) is 16.7. The number of carbonyl (C=O) groups excluding carboxylic acids is 1. The zero-order chi connectivity index (χ0) is 18.1. The number of aromatic nitrogens is 4. The third-order valence-electron chi connectivity index (χ3n) is 3.80. The van der Waals surface area contributed by atoms with Gasteiger partial charge in [-0.2, -0.15) is 4.68 Å². The van der Waals surface area contributed by atoms with Crippen LogP contribution >= 0.6 is 0 Å². The van der Waals surface area contributed by atoms with E-state index in [0.717, 1.165) is 0 Å². The summed E-state index contributed by atoms with van der Waals surface area (Å²) >= 11 is 0. The Morgan fingerprint density at radius 3 is 2.84 bits per heavy atom. The van der Waals surface area contributed by atoms with Crippen molar-refractivity contribution in [2.75, 3.05) is 12.4 Å². The lowest BCUT2D eigenvalue weighted by Crippen LogP contribution is -2.30. The SMILES string of the molecule is COc1cc([C@@H]2C(C(=O)OC(C)C)=C(C)Nc3nnnn32)ccc1O. The second-order valence-corrected chi connectivity index (χ2v) is 5.90. The van der Waals surface area contributed by atoms with Crippen LogP contribution in [0.5, 0.6) is 11.5 Å². The molecule has 1 aliphatic heterocycles. The number of esters is 1. The number of methoxy groups -OCH3 is 1. The molecule has 2 aromatic rings. The fourth-order valence-electron chi connectivity index (χ4n) is 2.73. The Hall–Kier alpha value is -3.10. The van der Waals surface area contributed by atoms with E-state index < -0.39 is 12.0 Å². The van der Waals surface area contributed by atoms with Crippen LogP contribution in [0.15, 0.2) is 29.5 Å². The van der Waals surface area contributed by atoms with Gasteiger partial charge in [-0.1, -0.05) is 11.2 Å². The minimum atomic E-state index is -0.605. The van der Waals surface area contributed by atoms with Crippen LogP contribution < -0.4 is 10.1 Å². The highest BCUT2D eigenvalue weighted by Crippen LogP contribution is 2.38. The molecule has 2 heterocycles. The van der Waals surface area contributed by atoms with Gasteiger partial charge in [0.2, 0.25) is 5.95 Å². The molecule has 0 saturated heterocycles. The summed E-state index contributed by atoms with van der Waals surface area (Å²) in [7, 11) is 1.46. The van der Waals surface area contributed by atoms with Gasteiger partial charge in [-0.05, 0) is 48.9 Å². The molecule has 9 heteroatoms. The van der Waals surface area contributed by atoms with Crippen LogP contribution in [0, 0.1) is 0 Å². The molecule has 2 N–H and O–H groups in total. The number of fused-ring (bicyclic) bond motifs is 1. The van der Waals surface area contributed by atoms with Crippen LogP contribution in [0.1, 0.15) is 32.4 Å². The highest BCUT2D eigenvalue weighted by molar-refractivity contribution is 5.92. The topological polar surface area (TPSA) is 111 Å². The molecule has 0 aliphatic carbocycles. The number of anilines is 1. The molecular weight excluding hydrogens is 326 g/mol. The van der Waals surface area contributed by atoms with Crippen molar-refractivity contribution in [3.63, 3.8) is 0 Å². The van der Waals surface area contributed by atoms with Crippen LogP contribution in [0.25, 0.3) is 0 Å². The van der Waals surface area contributed by atoms with Crippen LogP contribution in [0.4, 0.5) is 5.95 Å². The van der Waals surface area contributed by atoms with Gasteiger partial charge in [0, 0.05) is 5.70 Å². The van der Waals surface area contributed by atoms with Crippen molar-refractivity contribution >= 4 is 11.9 Å². The molecule has 1 aromatic carbocycles. The smallest absolute Gasteiger partial charge is 0.338 e. The first-order chi connectivity index (χ1) is 11.9. The number of hydrogen-bond acceptors (Lipinski definition) is 8. The lowest BCUT2D eigenvalue weighted by Gasteiger charge is -2.28. The maximum absolute atomic E-state index is 12.7. The van der Waals surface area contributed by atoms with Gasteiger partial charge in [-0.15, -0.1) is 0 Å². The van der Waals surface area contributed by atoms with E-state index in [2.05, 4.69) is 20.8 Å². The van der Waals surface area contributed by atoms with Gasteiger partial charge in [-0.25, -0.2) is 4.79 Å². The van der Waals surface area contributed by atoms with E-state index in [1.807, 2.05) is 0 Å². The predicted octanol–water partition coefficient (Wildman–Crippen LogP) is 1.63. The first-order valence-corrected chi connectivity index (χ1v) is 7.76. The molecule has 132 valence electrons. The molecule has 1 aromatic heterocycles. The molecule has 0 fully saturated rings. The minimum Gasteiger partial charge on any atom is -0.504 e. The molecule has 0 amide bonds. The molecule has 0 radical (unpaired) electrons. The fourth-order valence-corrected chi connectivity index (χ4v) is 2.73. The number of tetrazole rings is 1. The van der Waals surface area contributed by atoms with Crippen molar-refractivity contribution in [1.82, 2.24) is 20.2 Å². The van der Waals surface area contributed by atoms with Crippen LogP contribution in [-0.2, 0) is 9.53 Å². The highest BCUT2D eigenvalue weighted by atomic mass is 16.5. The Labute approximate surface area is 144 Å². The summed E-state index contributed by atoms with van der Waals surface area (Å²) in [6, 6.07) is 4.23. The Balaban J connectivity index is 2.14. The number of allylic oxidation sites excluding steroid dienone is 1. The lowest BCUT2D eigenvalue weighted by atomic mass is 9.95. The summed E-state index contributed by atoms with van der Waals surface area (Å²) in [6.07, 6.45) is -0.266. The van der Waals surface area contributed by atoms with Crippen LogP contribution in [0.3, 0.4) is 0 Å². The molecule has 0 bridgehead atoms. The Bertz CT molecular complexity index is 843. The van der Waals surface area contributed by atoms with Gasteiger partial charge in [0.15, 0.2) is 11.5 Å². The third kappa shape index (κ3) is 3.00. The largest absolute Gasteiger partial charge is 0.504 e. The standard InChI is InChI=1S/C16H19N5O4/c1-8(2)25-15(23)13-9(3)17-16-18-19-20-21(16)14(13)10-5-6-11(22)12(7-10)24-4/h5-8,14,22H,1-4H3,(H,17,18,20)/t14-/m1/s1. The minimum absolute atomic E-state index is 0.00383. The van der Waals surface area contributed by atoms with Crippen molar-refractivity contribution in [3.8, 4) is 11.5 Å². The van der Waals surface area contributed by atoms with E-state index in [1.54, 1.807) is 32.9 Å². The number of phenolic OH excluding ortho intramolecular Hbond substituents is 1. The van der Waals surface area contributed by atoms with Gasteiger partial charge in [0.25, 0.3) is 0 Å². The molecule has 3 rings (SSSR count). The quantitative estimate of drug-likeness (QED) is 0.804. The maximum Gasteiger partial charge on any atom is 0.338 e. The maximum atomic E-state index is 12.7. The van der Waals surface area contributed by atoms with E-state index in [9.17, 15) is 9.90 Å². The van der Waals surface area contributed by atoms with Gasteiger partial charge in [0.05, 0.1) is 18.8 Å². The molecule has 0 spiro atoms. The summed E-state index contributed by atoms with van der Waals surface area (Å²) in [5, 5.41) is 24.4. The van der Waals surface area contributed by atoms with Crippen molar-refractivity contribution in [2.45, 2.75) is 32.9 Å². The summed E-state index contributed by atoms with van der Waals surface area (Å²) in [4.78, 5) is 12.7. The highest BCUT2D eigenvalue weighted by Gasteiger charge is 2.35. The van der Waals surface area contributed by atoms with Crippen LogP contribution in [0.2, 0.25) is 0 Å². The molecular formula is C16H19N5O4. The van der Waals surface area contributed by atoms with Gasteiger partial charge < -0.3 is 19.9 Å². The number of hydrogen-bond donors (Lipinski definition) is 2. The number of benzene rings is 1. The van der Waals surface area contributed by atoms with E-state index in [4.69, 9.17) is 9.47 Å². The Kier molecular flexibility index (Phi) is 4.30. The monoisotopic (exact) mass is 345 g/mol. The molecule has 0 unspecified atom stereocenters. The van der Waals surface area contributed by atoms with Gasteiger partial charge in [-0.3, -0.25) is 0 Å². The van der Waals surface area contributed by atoms with E-state index in [0.29, 0.717) is 28.5 Å². The van der Waals surface area contributed by atoms with E-state index >= 15 is 0 Å².